The maximum Gasteiger partial charge on any atom is 0.111 e. The van der Waals surface area contributed by atoms with Crippen molar-refractivity contribution in [3.8, 4) is 0 Å². The van der Waals surface area contributed by atoms with E-state index < -0.39 is 0 Å². The molecule has 3 rings (SSSR count). The van der Waals surface area contributed by atoms with Crippen LogP contribution >= 0.6 is 0 Å². The fraction of sp³-hybridized carbons (Fsp3) is 0.417. The summed E-state index contributed by atoms with van der Waals surface area (Å²) in [6, 6.07) is 8.23. The molecule has 0 radical (unpaired) electrons. The zero-order valence-corrected chi connectivity index (χ0v) is 9.16. The van der Waals surface area contributed by atoms with Gasteiger partial charge in [0.2, 0.25) is 0 Å². The van der Waals surface area contributed by atoms with Crippen LogP contribution in [0.1, 0.15) is 24.6 Å². The quantitative estimate of drug-likeness (QED) is 0.756. The Morgan fingerprint density at radius 2 is 2.12 bits per heavy atom. The van der Waals surface area contributed by atoms with Crippen LogP contribution in [0.4, 0.5) is 0 Å². The summed E-state index contributed by atoms with van der Waals surface area (Å²) in [6.45, 7) is 2.20. The number of imidazole rings is 1. The predicted octanol–water partition coefficient (Wildman–Crippen LogP) is 1.21. The predicted molar refractivity (Wildman–Crippen MR) is 64.6 cm³/mol. The van der Waals surface area contributed by atoms with E-state index in [1.54, 1.807) is 0 Å². The third-order valence-corrected chi connectivity index (χ3v) is 3.09. The van der Waals surface area contributed by atoms with Gasteiger partial charge in [-0.15, -0.1) is 0 Å². The number of H-pyrrole nitrogens is 1. The van der Waals surface area contributed by atoms with Gasteiger partial charge in [0.1, 0.15) is 5.82 Å². The summed E-state index contributed by atoms with van der Waals surface area (Å²) in [5.41, 5.74) is 2.23. The number of aromatic nitrogens is 2. The topological polar surface area (TPSA) is 72.2 Å². The van der Waals surface area contributed by atoms with Crippen molar-refractivity contribution in [3.05, 3.63) is 30.1 Å². The summed E-state index contributed by atoms with van der Waals surface area (Å²) in [7, 11) is 0. The largest absolute Gasteiger partial charge is 0.412 e. The highest BCUT2D eigenvalue weighted by Crippen LogP contribution is 2.22. The lowest BCUT2D eigenvalue weighted by Gasteiger charge is -2.20. The van der Waals surface area contributed by atoms with Gasteiger partial charge in [-0.1, -0.05) is 12.1 Å². The second-order valence-corrected chi connectivity index (χ2v) is 4.18. The number of fused-ring (bicyclic) bond motifs is 1. The molecular formula is C12H17N3O. The number of hydrogen-bond donors (Lipinski definition) is 2. The standard InChI is InChI=1S/C12H15N3.H2O/c1-2-6-11-10(5-1)14-12(15-11)9-4-3-7-13-8-9;/h1-2,5-6,9,13H,3-4,7-8H2,(H,14,15);1H2. The first-order valence-corrected chi connectivity index (χ1v) is 5.59. The molecule has 1 unspecified atom stereocenters. The Labute approximate surface area is 94.4 Å². The zero-order valence-electron chi connectivity index (χ0n) is 9.16. The van der Waals surface area contributed by atoms with Crippen molar-refractivity contribution in [2.24, 2.45) is 0 Å². The summed E-state index contributed by atoms with van der Waals surface area (Å²) in [4.78, 5) is 8.06. The molecule has 1 aliphatic rings. The lowest BCUT2D eigenvalue weighted by molar-refractivity contribution is 0.449. The Morgan fingerprint density at radius 3 is 2.88 bits per heavy atom. The minimum absolute atomic E-state index is 0. The summed E-state index contributed by atoms with van der Waals surface area (Å²) in [6.07, 6.45) is 2.49. The van der Waals surface area contributed by atoms with E-state index in [-0.39, 0.29) is 5.48 Å². The molecule has 1 aromatic heterocycles. The van der Waals surface area contributed by atoms with Crippen LogP contribution in [0.2, 0.25) is 0 Å². The molecule has 16 heavy (non-hydrogen) atoms. The molecule has 4 heteroatoms. The van der Waals surface area contributed by atoms with Crippen molar-refractivity contribution in [1.29, 1.82) is 0 Å². The summed E-state index contributed by atoms with van der Waals surface area (Å²) in [5, 5.41) is 3.42. The highest BCUT2D eigenvalue weighted by Gasteiger charge is 2.18. The van der Waals surface area contributed by atoms with Crippen molar-refractivity contribution < 1.29 is 5.48 Å². The number of para-hydroxylation sites is 2. The van der Waals surface area contributed by atoms with Gasteiger partial charge in [-0.25, -0.2) is 4.98 Å². The van der Waals surface area contributed by atoms with Crippen molar-refractivity contribution in [1.82, 2.24) is 15.3 Å². The number of benzene rings is 1. The second kappa shape index (κ2) is 4.63. The van der Waals surface area contributed by atoms with Crippen LogP contribution in [-0.4, -0.2) is 28.5 Å². The number of piperidine rings is 1. The maximum absolute atomic E-state index is 4.64. The monoisotopic (exact) mass is 219 g/mol. The van der Waals surface area contributed by atoms with Gasteiger partial charge >= 0.3 is 0 Å². The van der Waals surface area contributed by atoms with Gasteiger partial charge in [0.05, 0.1) is 11.0 Å². The number of hydrogen-bond acceptors (Lipinski definition) is 2. The van der Waals surface area contributed by atoms with E-state index in [0.29, 0.717) is 5.92 Å². The number of nitrogens with one attached hydrogen (secondary N) is 2. The molecule has 1 atom stereocenters. The molecule has 0 aliphatic carbocycles. The molecule has 1 fully saturated rings. The van der Waals surface area contributed by atoms with E-state index in [4.69, 9.17) is 0 Å². The van der Waals surface area contributed by atoms with Crippen molar-refractivity contribution >= 4 is 11.0 Å². The number of rotatable bonds is 1. The molecular weight excluding hydrogens is 202 g/mol. The van der Waals surface area contributed by atoms with Crippen LogP contribution in [0.25, 0.3) is 11.0 Å². The van der Waals surface area contributed by atoms with Gasteiger partial charge in [0.25, 0.3) is 0 Å². The molecule has 1 aliphatic heterocycles. The van der Waals surface area contributed by atoms with E-state index in [9.17, 15) is 0 Å². The highest BCUT2D eigenvalue weighted by molar-refractivity contribution is 5.74. The average Bonchev–Trinajstić information content (AvgIpc) is 2.74. The van der Waals surface area contributed by atoms with Gasteiger partial charge in [0.15, 0.2) is 0 Å². The third kappa shape index (κ3) is 1.94. The highest BCUT2D eigenvalue weighted by atomic mass is 16.0. The summed E-state index contributed by atoms with van der Waals surface area (Å²) < 4.78 is 0. The fourth-order valence-corrected chi connectivity index (χ4v) is 2.25. The van der Waals surface area contributed by atoms with Crippen LogP contribution in [0.5, 0.6) is 0 Å². The van der Waals surface area contributed by atoms with Gasteiger partial charge in [-0.3, -0.25) is 0 Å². The van der Waals surface area contributed by atoms with Crippen LogP contribution in [-0.2, 0) is 0 Å². The molecule has 1 saturated heterocycles. The molecule has 1 aromatic carbocycles. The molecule has 0 spiro atoms. The van der Waals surface area contributed by atoms with E-state index >= 15 is 0 Å². The van der Waals surface area contributed by atoms with Crippen molar-refractivity contribution in [2.75, 3.05) is 13.1 Å². The lowest BCUT2D eigenvalue weighted by Crippen LogP contribution is -2.28. The molecule has 0 amide bonds. The third-order valence-electron chi connectivity index (χ3n) is 3.09. The van der Waals surface area contributed by atoms with Gasteiger partial charge in [-0.2, -0.15) is 0 Å². The Kier molecular flexibility index (Phi) is 3.22. The second-order valence-electron chi connectivity index (χ2n) is 4.18. The van der Waals surface area contributed by atoms with Crippen LogP contribution < -0.4 is 5.32 Å². The lowest BCUT2D eigenvalue weighted by atomic mass is 9.99. The Bertz CT molecular complexity index is 427. The van der Waals surface area contributed by atoms with Crippen molar-refractivity contribution in [2.45, 2.75) is 18.8 Å². The number of nitrogens with zero attached hydrogens (tertiary/aromatic N) is 1. The molecule has 2 heterocycles. The first-order chi connectivity index (χ1) is 7.43. The number of aromatic amines is 1. The zero-order chi connectivity index (χ0) is 10.1. The molecule has 4 N–H and O–H groups in total. The molecule has 0 bridgehead atoms. The van der Waals surface area contributed by atoms with E-state index in [2.05, 4.69) is 27.4 Å². The van der Waals surface area contributed by atoms with Gasteiger partial charge < -0.3 is 15.8 Å². The minimum Gasteiger partial charge on any atom is -0.412 e. The van der Waals surface area contributed by atoms with Gasteiger partial charge in [-0.05, 0) is 31.5 Å². The smallest absolute Gasteiger partial charge is 0.111 e. The fourth-order valence-electron chi connectivity index (χ4n) is 2.25. The van der Waals surface area contributed by atoms with Crippen molar-refractivity contribution in [3.63, 3.8) is 0 Å². The molecule has 86 valence electrons. The summed E-state index contributed by atoms with van der Waals surface area (Å²) in [5.74, 6) is 1.70. The SMILES string of the molecule is O.c1ccc2[nH]c(C3CCCNC3)nc2c1. The first-order valence-electron chi connectivity index (χ1n) is 5.59. The molecule has 2 aromatic rings. The van der Waals surface area contributed by atoms with E-state index in [1.165, 1.54) is 12.8 Å². The van der Waals surface area contributed by atoms with Crippen LogP contribution in [0, 0.1) is 0 Å². The molecule has 4 nitrogen and oxygen atoms in total. The van der Waals surface area contributed by atoms with E-state index in [0.717, 1.165) is 29.9 Å². The molecule has 0 saturated carbocycles. The van der Waals surface area contributed by atoms with Crippen LogP contribution in [0.15, 0.2) is 24.3 Å². The normalized spacial score (nSPS) is 20.6. The average molecular weight is 219 g/mol. The minimum atomic E-state index is 0. The Morgan fingerprint density at radius 1 is 1.25 bits per heavy atom. The maximum atomic E-state index is 4.64. The Balaban J connectivity index is 0.000000963. The summed E-state index contributed by atoms with van der Waals surface area (Å²) >= 11 is 0. The van der Waals surface area contributed by atoms with Gasteiger partial charge in [0, 0.05) is 12.5 Å². The van der Waals surface area contributed by atoms with Crippen LogP contribution in [0.3, 0.4) is 0 Å². The van der Waals surface area contributed by atoms with E-state index in [1.807, 2.05) is 12.1 Å². The first kappa shape index (κ1) is 11.1. The Hall–Kier alpha value is -1.39.